The molecule has 1 heterocycles. The van der Waals surface area contributed by atoms with E-state index in [0.717, 1.165) is 18.4 Å². The van der Waals surface area contributed by atoms with E-state index in [2.05, 4.69) is 16.5 Å². The van der Waals surface area contributed by atoms with E-state index in [1.165, 1.54) is 18.4 Å². The van der Waals surface area contributed by atoms with E-state index in [4.69, 9.17) is 17.4 Å². The SMILES string of the molecule is NNC(C1=CCCCC1)c1ccnc(Cl)c1. The van der Waals surface area contributed by atoms with Gasteiger partial charge in [-0.2, -0.15) is 0 Å². The molecule has 2 rings (SSSR count). The van der Waals surface area contributed by atoms with Gasteiger partial charge in [0.05, 0.1) is 6.04 Å². The van der Waals surface area contributed by atoms with Crippen molar-refractivity contribution in [3.05, 3.63) is 40.7 Å². The quantitative estimate of drug-likeness (QED) is 0.368. The summed E-state index contributed by atoms with van der Waals surface area (Å²) in [5.74, 6) is 5.63. The van der Waals surface area contributed by atoms with Crippen LogP contribution in [0, 0.1) is 0 Å². The van der Waals surface area contributed by atoms with Crippen LogP contribution < -0.4 is 11.3 Å². The van der Waals surface area contributed by atoms with Crippen LogP contribution >= 0.6 is 11.6 Å². The molecule has 86 valence electrons. The molecule has 0 aromatic carbocycles. The molecule has 0 fully saturated rings. The Labute approximate surface area is 101 Å². The summed E-state index contributed by atoms with van der Waals surface area (Å²) in [7, 11) is 0. The van der Waals surface area contributed by atoms with Gasteiger partial charge in [0.1, 0.15) is 5.15 Å². The second-order valence-corrected chi connectivity index (χ2v) is 4.42. The molecule has 0 bridgehead atoms. The van der Waals surface area contributed by atoms with Crippen LogP contribution in [0.4, 0.5) is 0 Å². The molecule has 0 spiro atoms. The van der Waals surface area contributed by atoms with Crippen LogP contribution in [-0.4, -0.2) is 4.98 Å². The highest BCUT2D eigenvalue weighted by molar-refractivity contribution is 6.29. The molecule has 0 aliphatic heterocycles. The van der Waals surface area contributed by atoms with Crippen molar-refractivity contribution < 1.29 is 0 Å². The van der Waals surface area contributed by atoms with Crippen molar-refractivity contribution in [2.24, 2.45) is 5.84 Å². The van der Waals surface area contributed by atoms with Crippen LogP contribution in [-0.2, 0) is 0 Å². The largest absolute Gasteiger partial charge is 0.271 e. The number of hydrogen-bond donors (Lipinski definition) is 2. The monoisotopic (exact) mass is 237 g/mol. The zero-order valence-corrected chi connectivity index (χ0v) is 9.87. The minimum atomic E-state index is 0.0702. The van der Waals surface area contributed by atoms with Crippen LogP contribution in [0.25, 0.3) is 0 Å². The Morgan fingerprint density at radius 2 is 2.31 bits per heavy atom. The first kappa shape index (κ1) is 11.6. The third-order valence-electron chi connectivity index (χ3n) is 2.95. The molecule has 1 aliphatic rings. The van der Waals surface area contributed by atoms with E-state index in [9.17, 15) is 0 Å². The molecule has 1 atom stereocenters. The van der Waals surface area contributed by atoms with Crippen molar-refractivity contribution in [3.8, 4) is 0 Å². The number of hydrazine groups is 1. The van der Waals surface area contributed by atoms with Crippen LogP contribution in [0.1, 0.15) is 37.3 Å². The summed E-state index contributed by atoms with van der Waals surface area (Å²) in [6.07, 6.45) is 8.76. The van der Waals surface area contributed by atoms with Crippen LogP contribution in [0.2, 0.25) is 5.15 Å². The first-order valence-corrected chi connectivity index (χ1v) is 5.95. The number of aromatic nitrogens is 1. The van der Waals surface area contributed by atoms with Crippen LogP contribution in [0.15, 0.2) is 30.0 Å². The summed E-state index contributed by atoms with van der Waals surface area (Å²) >= 11 is 5.89. The van der Waals surface area contributed by atoms with Crippen LogP contribution in [0.3, 0.4) is 0 Å². The fourth-order valence-electron chi connectivity index (χ4n) is 2.14. The van der Waals surface area contributed by atoms with Gasteiger partial charge >= 0.3 is 0 Å². The van der Waals surface area contributed by atoms with Gasteiger partial charge in [0.15, 0.2) is 0 Å². The van der Waals surface area contributed by atoms with Crippen LogP contribution in [0.5, 0.6) is 0 Å². The smallest absolute Gasteiger partial charge is 0.129 e. The third kappa shape index (κ3) is 2.61. The van der Waals surface area contributed by atoms with Crippen molar-refractivity contribution in [3.63, 3.8) is 0 Å². The Morgan fingerprint density at radius 1 is 1.44 bits per heavy atom. The number of nitrogens with one attached hydrogen (secondary N) is 1. The lowest BCUT2D eigenvalue weighted by Crippen LogP contribution is -2.30. The number of hydrogen-bond acceptors (Lipinski definition) is 3. The van der Waals surface area contributed by atoms with Gasteiger partial charge in [-0.05, 0) is 43.4 Å². The molecule has 1 aliphatic carbocycles. The number of allylic oxidation sites excluding steroid dienone is 1. The first-order chi connectivity index (χ1) is 7.81. The molecule has 0 amide bonds. The lowest BCUT2D eigenvalue weighted by Gasteiger charge is -2.22. The molecule has 1 aromatic heterocycles. The Balaban J connectivity index is 2.25. The minimum absolute atomic E-state index is 0.0702. The zero-order valence-electron chi connectivity index (χ0n) is 9.12. The lowest BCUT2D eigenvalue weighted by atomic mass is 9.91. The number of halogens is 1. The number of rotatable bonds is 3. The summed E-state index contributed by atoms with van der Waals surface area (Å²) in [5.41, 5.74) is 5.30. The van der Waals surface area contributed by atoms with Gasteiger partial charge in [0.2, 0.25) is 0 Å². The molecule has 3 nitrogen and oxygen atoms in total. The van der Waals surface area contributed by atoms with Crippen molar-refractivity contribution in [2.75, 3.05) is 0 Å². The highest BCUT2D eigenvalue weighted by Gasteiger charge is 2.17. The highest BCUT2D eigenvalue weighted by atomic mass is 35.5. The van der Waals surface area contributed by atoms with E-state index in [0.29, 0.717) is 5.15 Å². The molecule has 1 aromatic rings. The Hall–Kier alpha value is -0.900. The zero-order chi connectivity index (χ0) is 11.4. The van der Waals surface area contributed by atoms with E-state index >= 15 is 0 Å². The van der Waals surface area contributed by atoms with Gasteiger partial charge < -0.3 is 0 Å². The van der Waals surface area contributed by atoms with E-state index in [1.807, 2.05) is 12.1 Å². The van der Waals surface area contributed by atoms with Gasteiger partial charge in [-0.15, -0.1) is 0 Å². The number of pyridine rings is 1. The highest BCUT2D eigenvalue weighted by Crippen LogP contribution is 2.29. The second-order valence-electron chi connectivity index (χ2n) is 4.04. The normalized spacial score (nSPS) is 18.0. The maximum Gasteiger partial charge on any atom is 0.129 e. The Kier molecular flexibility index (Phi) is 3.93. The molecule has 0 radical (unpaired) electrons. The first-order valence-electron chi connectivity index (χ1n) is 5.58. The van der Waals surface area contributed by atoms with Gasteiger partial charge in [0, 0.05) is 6.20 Å². The molecule has 0 saturated carbocycles. The maximum atomic E-state index is 5.89. The summed E-state index contributed by atoms with van der Waals surface area (Å²) in [4.78, 5) is 3.98. The predicted molar refractivity (Wildman–Crippen MR) is 65.9 cm³/mol. The maximum absolute atomic E-state index is 5.89. The molecular formula is C12H16ClN3. The lowest BCUT2D eigenvalue weighted by molar-refractivity contribution is 0.565. The average Bonchev–Trinajstić information content (AvgIpc) is 2.31. The Morgan fingerprint density at radius 3 is 2.94 bits per heavy atom. The van der Waals surface area contributed by atoms with E-state index in [1.54, 1.807) is 6.20 Å². The molecule has 1 unspecified atom stereocenters. The summed E-state index contributed by atoms with van der Waals surface area (Å²) < 4.78 is 0. The minimum Gasteiger partial charge on any atom is -0.271 e. The third-order valence-corrected chi connectivity index (χ3v) is 3.15. The van der Waals surface area contributed by atoms with E-state index < -0.39 is 0 Å². The van der Waals surface area contributed by atoms with E-state index in [-0.39, 0.29) is 6.04 Å². The second kappa shape index (κ2) is 5.43. The number of nitrogens with zero attached hydrogens (tertiary/aromatic N) is 1. The molecule has 16 heavy (non-hydrogen) atoms. The molecule has 0 saturated heterocycles. The van der Waals surface area contributed by atoms with Crippen molar-refractivity contribution in [1.82, 2.24) is 10.4 Å². The van der Waals surface area contributed by atoms with Gasteiger partial charge in [-0.1, -0.05) is 23.3 Å². The summed E-state index contributed by atoms with van der Waals surface area (Å²) in [5, 5.41) is 0.508. The van der Waals surface area contributed by atoms with Gasteiger partial charge in [-0.25, -0.2) is 10.4 Å². The van der Waals surface area contributed by atoms with Crippen molar-refractivity contribution in [1.29, 1.82) is 0 Å². The average molecular weight is 238 g/mol. The fourth-order valence-corrected chi connectivity index (χ4v) is 2.32. The van der Waals surface area contributed by atoms with Crippen molar-refractivity contribution in [2.45, 2.75) is 31.7 Å². The summed E-state index contributed by atoms with van der Waals surface area (Å²) in [6.45, 7) is 0. The standard InChI is InChI=1S/C12H16ClN3/c13-11-8-10(6-7-15-11)12(16-14)9-4-2-1-3-5-9/h4,6-8,12,16H,1-3,5,14H2. The number of nitrogens with two attached hydrogens (primary N) is 1. The van der Waals surface area contributed by atoms with Crippen molar-refractivity contribution >= 4 is 11.6 Å². The molecule has 3 N–H and O–H groups in total. The molecular weight excluding hydrogens is 222 g/mol. The molecule has 4 heteroatoms. The van der Waals surface area contributed by atoms with Gasteiger partial charge in [-0.3, -0.25) is 5.84 Å². The van der Waals surface area contributed by atoms with Gasteiger partial charge in [0.25, 0.3) is 0 Å². The summed E-state index contributed by atoms with van der Waals surface area (Å²) in [6, 6.07) is 3.88. The topological polar surface area (TPSA) is 50.9 Å². The Bertz CT molecular complexity index is 390. The fraction of sp³-hybridized carbons (Fsp3) is 0.417. The predicted octanol–water partition coefficient (Wildman–Crippen LogP) is 2.74.